The molecule has 2 unspecified atom stereocenters. The maximum atomic E-state index is 11.9. The molecule has 0 saturated heterocycles. The third-order valence-electron chi connectivity index (χ3n) is 6.53. The number of hydrogen-bond donors (Lipinski definition) is 0. The molecule has 222 valence electrons. The Balaban J connectivity index is 3.21. The highest BCUT2D eigenvalue weighted by atomic mass is 28.5. The molecule has 0 amide bonds. The molecule has 0 aromatic heterocycles. The van der Waals surface area contributed by atoms with E-state index in [1.807, 2.05) is 11.8 Å². The minimum Gasteiger partial charge on any atom is -0.462 e. The molecular formula is C28H54O6Si5. The minimum absolute atomic E-state index is 0.324. The first-order valence-corrected chi connectivity index (χ1v) is 28.1. The lowest BCUT2D eigenvalue weighted by Crippen LogP contribution is -2.60. The average Bonchev–Trinajstić information content (AvgIpc) is 2.80. The van der Waals surface area contributed by atoms with Gasteiger partial charge in [0.1, 0.15) is 0 Å². The normalized spacial score (nSPS) is 15.7. The van der Waals surface area contributed by atoms with Crippen molar-refractivity contribution < 1.29 is 26.0 Å². The number of ether oxygens (including phenoxy) is 1. The summed E-state index contributed by atoms with van der Waals surface area (Å²) in [5.74, 6) is -0.356. The molecule has 0 spiro atoms. The summed E-state index contributed by atoms with van der Waals surface area (Å²) < 4.78 is 33.2. The Hall–Kier alpha value is -0.906. The van der Waals surface area contributed by atoms with Crippen molar-refractivity contribution in [1.82, 2.24) is 0 Å². The highest BCUT2D eigenvalue weighted by molar-refractivity contribution is 6.91. The summed E-state index contributed by atoms with van der Waals surface area (Å²) in [5.41, 5.74) is 3.69. The second kappa shape index (κ2) is 15.4. The van der Waals surface area contributed by atoms with E-state index in [1.165, 1.54) is 5.56 Å². The van der Waals surface area contributed by atoms with E-state index in [2.05, 4.69) is 96.7 Å². The fraction of sp³-hybridized carbons (Fsp3) is 0.607. The van der Waals surface area contributed by atoms with Crippen molar-refractivity contribution in [2.24, 2.45) is 0 Å². The Morgan fingerprint density at radius 2 is 1.41 bits per heavy atom. The molecule has 0 N–H and O–H groups in total. The predicted octanol–water partition coefficient (Wildman–Crippen LogP) is 8.20. The minimum atomic E-state index is -2.74. The van der Waals surface area contributed by atoms with Gasteiger partial charge in [-0.2, -0.15) is 0 Å². The van der Waals surface area contributed by atoms with Crippen LogP contribution in [0.5, 0.6) is 0 Å². The molecule has 6 nitrogen and oxygen atoms in total. The van der Waals surface area contributed by atoms with Gasteiger partial charge in [0.2, 0.25) is 0 Å². The standard InChI is InChI=1S/C28H54O6Si5/c1-13-35(5,6)31-37(9,10)33-39(12,24-18-22-27-20-16-15-17-21-27)34-38(11,32-36(7,8)14-2)25-19-23-30-28(29)26(3)4/h13,15-17,20-21H,1,3,14,18-19,22-25H2,2,4-12H3. The molecule has 0 aliphatic heterocycles. The molecule has 1 aromatic rings. The first kappa shape index (κ1) is 36.1. The van der Waals surface area contributed by atoms with Gasteiger partial charge in [-0.1, -0.05) is 49.5 Å². The Labute approximate surface area is 244 Å². The lowest BCUT2D eigenvalue weighted by molar-refractivity contribution is -0.138. The second-order valence-corrected chi connectivity index (χ2v) is 31.8. The van der Waals surface area contributed by atoms with Crippen LogP contribution in [-0.4, -0.2) is 54.9 Å². The van der Waals surface area contributed by atoms with Crippen molar-refractivity contribution in [2.75, 3.05) is 6.61 Å². The molecule has 0 heterocycles. The van der Waals surface area contributed by atoms with Gasteiger partial charge in [0.05, 0.1) is 6.61 Å². The quantitative estimate of drug-likeness (QED) is 0.0668. The average molecular weight is 627 g/mol. The zero-order valence-corrected chi connectivity index (χ0v) is 31.3. The number of carbonyl (C=O) groups excluding carboxylic acids is 1. The van der Waals surface area contributed by atoms with Crippen LogP contribution in [0.1, 0.15) is 32.3 Å². The number of esters is 1. The molecule has 0 bridgehead atoms. The molecule has 1 rings (SSSR count). The molecule has 0 radical (unpaired) electrons. The molecule has 0 saturated carbocycles. The number of benzene rings is 1. The molecule has 2 atom stereocenters. The van der Waals surface area contributed by atoms with Crippen molar-refractivity contribution in [3.63, 3.8) is 0 Å². The summed E-state index contributed by atoms with van der Waals surface area (Å²) in [7, 11) is -12.0. The van der Waals surface area contributed by atoms with E-state index >= 15 is 0 Å². The zero-order chi connectivity index (χ0) is 30.0. The highest BCUT2D eigenvalue weighted by Crippen LogP contribution is 2.33. The van der Waals surface area contributed by atoms with Crippen molar-refractivity contribution in [3.05, 3.63) is 60.3 Å². The van der Waals surface area contributed by atoms with Crippen molar-refractivity contribution in [2.45, 2.75) is 104 Å². The van der Waals surface area contributed by atoms with E-state index < -0.39 is 42.3 Å². The molecule has 39 heavy (non-hydrogen) atoms. The predicted molar refractivity (Wildman–Crippen MR) is 175 cm³/mol. The van der Waals surface area contributed by atoms with E-state index in [4.69, 9.17) is 21.2 Å². The van der Waals surface area contributed by atoms with Crippen LogP contribution in [0.3, 0.4) is 0 Å². The van der Waals surface area contributed by atoms with Gasteiger partial charge in [-0.3, -0.25) is 0 Å². The van der Waals surface area contributed by atoms with Crippen LogP contribution in [0.25, 0.3) is 0 Å². The molecule has 11 heteroatoms. The van der Waals surface area contributed by atoms with E-state index in [0.717, 1.165) is 31.0 Å². The van der Waals surface area contributed by atoms with Gasteiger partial charge in [0, 0.05) is 5.57 Å². The van der Waals surface area contributed by atoms with Gasteiger partial charge < -0.3 is 21.2 Å². The Bertz CT molecular complexity index is 940. The van der Waals surface area contributed by atoms with E-state index in [9.17, 15) is 4.79 Å². The zero-order valence-electron chi connectivity index (χ0n) is 26.3. The molecular weight excluding hydrogens is 573 g/mol. The van der Waals surface area contributed by atoms with Gasteiger partial charge in [-0.05, 0) is 102 Å². The van der Waals surface area contributed by atoms with Crippen molar-refractivity contribution in [1.29, 1.82) is 0 Å². The fourth-order valence-corrected chi connectivity index (χ4v) is 27.8. The Morgan fingerprint density at radius 3 is 1.95 bits per heavy atom. The largest absolute Gasteiger partial charge is 0.462 e. The lowest BCUT2D eigenvalue weighted by atomic mass is 10.1. The van der Waals surface area contributed by atoms with Crippen LogP contribution in [0, 0.1) is 0 Å². The van der Waals surface area contributed by atoms with Crippen LogP contribution >= 0.6 is 0 Å². The summed E-state index contributed by atoms with van der Waals surface area (Å²) >= 11 is 0. The second-order valence-electron chi connectivity index (χ2n) is 12.4. The van der Waals surface area contributed by atoms with E-state index in [0.29, 0.717) is 18.6 Å². The number of rotatable bonds is 19. The van der Waals surface area contributed by atoms with Gasteiger partial charge >= 0.3 is 31.7 Å². The number of carbonyl (C=O) groups is 1. The first-order valence-electron chi connectivity index (χ1n) is 14.2. The summed E-state index contributed by atoms with van der Waals surface area (Å²) in [4.78, 5) is 11.9. The lowest BCUT2D eigenvalue weighted by Gasteiger charge is -2.44. The van der Waals surface area contributed by atoms with Crippen LogP contribution in [0.15, 0.2) is 54.8 Å². The molecule has 0 aliphatic rings. The van der Waals surface area contributed by atoms with Crippen LogP contribution in [-0.2, 0) is 32.4 Å². The first-order chi connectivity index (χ1) is 17.9. The smallest absolute Gasteiger partial charge is 0.333 e. The van der Waals surface area contributed by atoms with Gasteiger partial charge in [-0.25, -0.2) is 4.79 Å². The summed E-state index contributed by atoms with van der Waals surface area (Å²) in [6.45, 7) is 29.3. The van der Waals surface area contributed by atoms with Crippen molar-refractivity contribution >= 4 is 48.3 Å². The van der Waals surface area contributed by atoms with Gasteiger partial charge in [-0.15, -0.1) is 6.58 Å². The topological polar surface area (TPSA) is 63.2 Å². The maximum Gasteiger partial charge on any atom is 0.333 e. The molecule has 0 aliphatic carbocycles. The maximum absolute atomic E-state index is 11.9. The van der Waals surface area contributed by atoms with Gasteiger partial charge in [0.25, 0.3) is 0 Å². The van der Waals surface area contributed by atoms with E-state index in [-0.39, 0.29) is 5.97 Å². The number of hydrogen-bond acceptors (Lipinski definition) is 6. The summed E-state index contributed by atoms with van der Waals surface area (Å²) in [6.07, 6.45) is 2.62. The van der Waals surface area contributed by atoms with E-state index in [1.54, 1.807) is 6.92 Å². The Kier molecular flexibility index (Phi) is 14.2. The van der Waals surface area contributed by atoms with Crippen LogP contribution in [0.2, 0.25) is 70.5 Å². The third kappa shape index (κ3) is 14.5. The van der Waals surface area contributed by atoms with Crippen molar-refractivity contribution in [3.8, 4) is 0 Å². The van der Waals surface area contributed by atoms with Gasteiger partial charge in [0.15, 0.2) is 16.6 Å². The number of aryl methyl sites for hydroxylation is 1. The third-order valence-corrected chi connectivity index (χ3v) is 26.9. The monoisotopic (exact) mass is 626 g/mol. The highest BCUT2D eigenvalue weighted by Gasteiger charge is 2.49. The van der Waals surface area contributed by atoms with Crippen LogP contribution < -0.4 is 0 Å². The molecule has 1 aromatic carbocycles. The molecule has 0 fully saturated rings. The Morgan fingerprint density at radius 1 is 0.846 bits per heavy atom. The SMILES string of the molecule is C=C[Si](C)(C)O[Si](C)(C)O[Si](C)(CCCc1ccccc1)O[Si](C)(CCCOC(=O)C(=C)C)O[Si](C)(C)CC. The fourth-order valence-electron chi connectivity index (χ4n) is 4.51. The van der Waals surface area contributed by atoms with Crippen LogP contribution in [0.4, 0.5) is 0 Å². The summed E-state index contributed by atoms with van der Waals surface area (Å²) in [5, 5.41) is 0. The summed E-state index contributed by atoms with van der Waals surface area (Å²) in [6, 6.07) is 13.1.